The maximum absolute atomic E-state index is 6.28. The van der Waals surface area contributed by atoms with Crippen molar-refractivity contribution in [2.75, 3.05) is 7.05 Å². The van der Waals surface area contributed by atoms with Gasteiger partial charge in [0.05, 0.1) is 0 Å². The van der Waals surface area contributed by atoms with Gasteiger partial charge in [-0.25, -0.2) is 0 Å². The van der Waals surface area contributed by atoms with E-state index in [-0.39, 0.29) is 0 Å². The van der Waals surface area contributed by atoms with Gasteiger partial charge in [-0.3, -0.25) is 4.99 Å². The molecule has 0 amide bonds. The van der Waals surface area contributed by atoms with Crippen molar-refractivity contribution >= 4 is 25.4 Å². The molecule has 2 nitrogen and oxygen atoms in total. The number of benzene rings is 3. The molecule has 1 unspecified atom stereocenters. The predicted molar refractivity (Wildman–Crippen MR) is 119 cm³/mol. The van der Waals surface area contributed by atoms with Crippen molar-refractivity contribution in [3.05, 3.63) is 88.5 Å². The van der Waals surface area contributed by atoms with E-state index in [1.807, 2.05) is 31.5 Å². The van der Waals surface area contributed by atoms with Crippen LogP contribution in [0.5, 0.6) is 5.75 Å². The molecule has 0 saturated heterocycles. The number of hydrogen-bond donors (Lipinski definition) is 0. The molecule has 27 heavy (non-hydrogen) atoms. The van der Waals surface area contributed by atoms with Gasteiger partial charge in [0.2, 0.25) is 0 Å². The summed E-state index contributed by atoms with van der Waals surface area (Å²) >= 11 is 0. The van der Waals surface area contributed by atoms with E-state index in [2.05, 4.69) is 68.2 Å². The monoisotopic (exact) mass is 375 g/mol. The Morgan fingerprint density at radius 2 is 1.67 bits per heavy atom. The van der Waals surface area contributed by atoms with Gasteiger partial charge in [-0.2, -0.15) is 0 Å². The van der Waals surface area contributed by atoms with E-state index in [9.17, 15) is 0 Å². The van der Waals surface area contributed by atoms with Crippen molar-refractivity contribution in [1.82, 2.24) is 0 Å². The van der Waals surface area contributed by atoms with Gasteiger partial charge < -0.3 is 4.74 Å². The van der Waals surface area contributed by atoms with E-state index in [1.54, 1.807) is 0 Å². The van der Waals surface area contributed by atoms with E-state index in [1.165, 1.54) is 38.4 Å². The third kappa shape index (κ3) is 5.05. The molecule has 0 N–H and O–H groups in total. The van der Waals surface area contributed by atoms with Gasteiger partial charge in [0.15, 0.2) is 0 Å². The summed E-state index contributed by atoms with van der Waals surface area (Å²) in [5, 5.41) is 2.54. The zero-order valence-corrected chi connectivity index (χ0v) is 17.4. The molecule has 0 bridgehead atoms. The minimum atomic E-state index is 0.525. The molecule has 0 fully saturated rings. The molecular formula is C24H26NOP. The quantitative estimate of drug-likeness (QED) is 0.445. The molecule has 0 radical (unpaired) electrons. The van der Waals surface area contributed by atoms with Crippen molar-refractivity contribution < 1.29 is 4.74 Å². The summed E-state index contributed by atoms with van der Waals surface area (Å²) in [5.41, 5.74) is 6.07. The Balaban J connectivity index is 1.93. The average molecular weight is 375 g/mol. The van der Waals surface area contributed by atoms with Gasteiger partial charge in [-0.1, -0.05) is 62.7 Å². The second-order valence-electron chi connectivity index (χ2n) is 6.84. The van der Waals surface area contributed by atoms with Gasteiger partial charge in [0.1, 0.15) is 12.4 Å². The summed E-state index contributed by atoms with van der Waals surface area (Å²) in [5.74, 6) is 1.00. The van der Waals surface area contributed by atoms with Crippen LogP contribution in [0, 0.1) is 20.8 Å². The molecule has 3 aromatic rings. The molecule has 0 spiro atoms. The van der Waals surface area contributed by atoms with Crippen LogP contribution >= 0.6 is 8.58 Å². The molecule has 0 aliphatic heterocycles. The van der Waals surface area contributed by atoms with Crippen LogP contribution in [-0.4, -0.2) is 13.3 Å². The Morgan fingerprint density at radius 3 is 2.41 bits per heavy atom. The van der Waals surface area contributed by atoms with E-state index in [4.69, 9.17) is 4.74 Å². The Bertz CT molecular complexity index is 948. The summed E-state index contributed by atoms with van der Waals surface area (Å²) in [7, 11) is 2.34. The van der Waals surface area contributed by atoms with Crippen LogP contribution in [0.25, 0.3) is 0 Å². The molecular weight excluding hydrogens is 349 g/mol. The highest BCUT2D eigenvalue weighted by molar-refractivity contribution is 7.56. The fourth-order valence-electron chi connectivity index (χ4n) is 3.16. The van der Waals surface area contributed by atoms with Crippen molar-refractivity contribution in [3.63, 3.8) is 0 Å². The van der Waals surface area contributed by atoms with Crippen LogP contribution in [0.3, 0.4) is 0 Å². The highest BCUT2D eigenvalue weighted by atomic mass is 31.1. The van der Waals surface area contributed by atoms with Crippen LogP contribution < -0.4 is 15.3 Å². The number of ether oxygens (including phenoxy) is 1. The second kappa shape index (κ2) is 8.97. The highest BCUT2D eigenvalue weighted by Crippen LogP contribution is 2.26. The standard InChI is InChI=1S/C24H26NOP/c1-17-10-11-22(21(13-17)15-25-4)27-23-14-18(2)12-19(3)24(23)26-16-20-8-6-5-7-9-20/h5-15,27H,16H2,1-4H3/b25-15+. The molecule has 1 atom stereocenters. The molecule has 0 aliphatic carbocycles. The van der Waals surface area contributed by atoms with Crippen LogP contribution in [0.2, 0.25) is 0 Å². The van der Waals surface area contributed by atoms with Crippen molar-refractivity contribution in [2.45, 2.75) is 27.4 Å². The van der Waals surface area contributed by atoms with Crippen LogP contribution in [0.15, 0.2) is 65.7 Å². The van der Waals surface area contributed by atoms with Gasteiger partial charge in [0, 0.05) is 24.1 Å². The Morgan fingerprint density at radius 1 is 0.889 bits per heavy atom. The first-order valence-electron chi connectivity index (χ1n) is 9.14. The van der Waals surface area contributed by atoms with Crippen molar-refractivity contribution in [1.29, 1.82) is 0 Å². The number of hydrogen-bond acceptors (Lipinski definition) is 2. The highest BCUT2D eigenvalue weighted by Gasteiger charge is 2.12. The van der Waals surface area contributed by atoms with Crippen LogP contribution in [0.1, 0.15) is 27.8 Å². The lowest BCUT2D eigenvalue weighted by molar-refractivity contribution is 0.307. The van der Waals surface area contributed by atoms with Gasteiger partial charge in [0.25, 0.3) is 0 Å². The minimum Gasteiger partial charge on any atom is -0.488 e. The van der Waals surface area contributed by atoms with E-state index in [0.29, 0.717) is 15.2 Å². The smallest absolute Gasteiger partial charge is 0.130 e. The fourth-order valence-corrected chi connectivity index (χ4v) is 4.58. The molecule has 0 saturated carbocycles. The van der Waals surface area contributed by atoms with Crippen molar-refractivity contribution in [3.8, 4) is 5.75 Å². The molecule has 3 heteroatoms. The zero-order valence-electron chi connectivity index (χ0n) is 16.4. The normalized spacial score (nSPS) is 11.6. The Kier molecular flexibility index (Phi) is 6.42. The van der Waals surface area contributed by atoms with Gasteiger partial charge in [-0.05, 0) is 54.9 Å². The summed E-state index contributed by atoms with van der Waals surface area (Å²) in [6.45, 7) is 6.97. The second-order valence-corrected chi connectivity index (χ2v) is 8.16. The number of nitrogens with zero attached hydrogens (tertiary/aromatic N) is 1. The third-order valence-corrected chi connectivity index (χ3v) is 5.75. The third-order valence-electron chi connectivity index (χ3n) is 4.39. The Hall–Kier alpha value is -2.44. The van der Waals surface area contributed by atoms with E-state index in [0.717, 1.165) is 5.75 Å². The van der Waals surface area contributed by atoms with Crippen LogP contribution in [0.4, 0.5) is 0 Å². The lowest BCUT2D eigenvalue weighted by Gasteiger charge is -2.17. The largest absolute Gasteiger partial charge is 0.488 e. The SMILES string of the molecule is C/N=C/c1cc(C)ccc1Pc1cc(C)cc(C)c1OCc1ccccc1. The first-order valence-corrected chi connectivity index (χ1v) is 10.1. The first-order chi connectivity index (χ1) is 13.1. The summed E-state index contributed by atoms with van der Waals surface area (Å²) in [6.07, 6.45) is 1.95. The van der Waals surface area contributed by atoms with Gasteiger partial charge >= 0.3 is 0 Å². The van der Waals surface area contributed by atoms with E-state index < -0.39 is 0 Å². The zero-order chi connectivity index (χ0) is 19.2. The maximum atomic E-state index is 6.28. The number of aryl methyl sites for hydroxylation is 3. The fraction of sp³-hybridized carbons (Fsp3) is 0.208. The summed E-state index contributed by atoms with van der Waals surface area (Å²) < 4.78 is 6.28. The number of aliphatic imine (C=N–C) groups is 1. The van der Waals surface area contributed by atoms with Gasteiger partial charge in [-0.15, -0.1) is 0 Å². The predicted octanol–water partition coefficient (Wildman–Crippen LogP) is 4.87. The number of rotatable bonds is 6. The minimum absolute atomic E-state index is 0.525. The lowest BCUT2D eigenvalue weighted by Crippen LogP contribution is -2.14. The lowest BCUT2D eigenvalue weighted by atomic mass is 10.1. The summed E-state index contributed by atoms with van der Waals surface area (Å²) in [4.78, 5) is 4.23. The molecule has 0 aromatic heterocycles. The molecule has 3 aromatic carbocycles. The molecule has 0 aliphatic rings. The molecule has 138 valence electrons. The average Bonchev–Trinajstić information content (AvgIpc) is 2.64. The topological polar surface area (TPSA) is 21.6 Å². The maximum Gasteiger partial charge on any atom is 0.130 e. The van der Waals surface area contributed by atoms with Crippen LogP contribution in [-0.2, 0) is 6.61 Å². The molecule has 3 rings (SSSR count). The first kappa shape index (κ1) is 19.3. The van der Waals surface area contributed by atoms with Crippen molar-refractivity contribution in [2.24, 2.45) is 4.99 Å². The van der Waals surface area contributed by atoms with E-state index >= 15 is 0 Å². The summed E-state index contributed by atoms with van der Waals surface area (Å²) in [6, 6.07) is 21.3. The Labute approximate surface area is 164 Å². The molecule has 0 heterocycles.